The standard InChI is InChI=1S/C14H25N3O2/c1-8-17(14(5,6)13(18)19)11(4)12-9(2)15-16(7)10(12)3/h11H,8H2,1-7H3,(H,18,19). The van der Waals surface area contributed by atoms with Gasteiger partial charge in [-0.1, -0.05) is 6.92 Å². The maximum absolute atomic E-state index is 11.5. The van der Waals surface area contributed by atoms with E-state index < -0.39 is 11.5 Å². The van der Waals surface area contributed by atoms with E-state index in [1.807, 2.05) is 44.3 Å². The molecule has 1 rings (SSSR count). The molecule has 1 unspecified atom stereocenters. The van der Waals surface area contributed by atoms with Gasteiger partial charge in [0.1, 0.15) is 5.54 Å². The Labute approximate surface area is 115 Å². The molecule has 0 aliphatic heterocycles. The smallest absolute Gasteiger partial charge is 0.323 e. The molecule has 1 aromatic heterocycles. The van der Waals surface area contributed by atoms with Gasteiger partial charge in [-0.25, -0.2) is 0 Å². The lowest BCUT2D eigenvalue weighted by Gasteiger charge is -2.39. The topological polar surface area (TPSA) is 58.4 Å². The van der Waals surface area contributed by atoms with Gasteiger partial charge in [0.05, 0.1) is 5.69 Å². The molecule has 5 nitrogen and oxygen atoms in total. The second-order valence-corrected chi connectivity index (χ2v) is 5.53. The van der Waals surface area contributed by atoms with Crippen LogP contribution < -0.4 is 0 Å². The van der Waals surface area contributed by atoms with Crippen LogP contribution in [0.2, 0.25) is 0 Å². The molecule has 0 radical (unpaired) electrons. The average molecular weight is 267 g/mol. The first-order valence-corrected chi connectivity index (χ1v) is 6.64. The fraction of sp³-hybridized carbons (Fsp3) is 0.714. The highest BCUT2D eigenvalue weighted by molar-refractivity contribution is 5.77. The Balaban J connectivity index is 3.23. The number of aryl methyl sites for hydroxylation is 2. The third-order valence-electron chi connectivity index (χ3n) is 4.03. The monoisotopic (exact) mass is 267 g/mol. The van der Waals surface area contributed by atoms with Crippen LogP contribution in [0.15, 0.2) is 0 Å². The number of likely N-dealkylation sites (N-methyl/N-ethyl adjacent to an activating group) is 1. The summed E-state index contributed by atoms with van der Waals surface area (Å²) in [7, 11) is 1.91. The Bertz CT molecular complexity index is 477. The zero-order chi connectivity index (χ0) is 15.0. The Hall–Kier alpha value is -1.36. The van der Waals surface area contributed by atoms with Crippen LogP contribution in [-0.2, 0) is 11.8 Å². The van der Waals surface area contributed by atoms with Crippen LogP contribution in [0.4, 0.5) is 0 Å². The number of carbonyl (C=O) groups is 1. The highest BCUT2D eigenvalue weighted by Gasteiger charge is 2.38. The highest BCUT2D eigenvalue weighted by atomic mass is 16.4. The zero-order valence-electron chi connectivity index (χ0n) is 13.0. The van der Waals surface area contributed by atoms with Crippen molar-refractivity contribution in [2.45, 2.75) is 53.1 Å². The van der Waals surface area contributed by atoms with Crippen molar-refractivity contribution in [3.63, 3.8) is 0 Å². The molecule has 0 fully saturated rings. The minimum Gasteiger partial charge on any atom is -0.480 e. The molecule has 108 valence electrons. The van der Waals surface area contributed by atoms with E-state index in [-0.39, 0.29) is 6.04 Å². The molecular weight excluding hydrogens is 242 g/mol. The van der Waals surface area contributed by atoms with Crippen molar-refractivity contribution in [1.82, 2.24) is 14.7 Å². The van der Waals surface area contributed by atoms with Crippen molar-refractivity contribution >= 4 is 5.97 Å². The Morgan fingerprint density at radius 2 is 2.00 bits per heavy atom. The number of hydrogen-bond acceptors (Lipinski definition) is 3. The quantitative estimate of drug-likeness (QED) is 0.889. The van der Waals surface area contributed by atoms with E-state index in [0.717, 1.165) is 17.0 Å². The number of carboxylic acid groups (broad SMARTS) is 1. The maximum Gasteiger partial charge on any atom is 0.323 e. The summed E-state index contributed by atoms with van der Waals surface area (Å²) < 4.78 is 1.85. The molecule has 1 aromatic rings. The molecule has 0 bridgehead atoms. The van der Waals surface area contributed by atoms with Crippen molar-refractivity contribution < 1.29 is 9.90 Å². The molecule has 1 atom stereocenters. The summed E-state index contributed by atoms with van der Waals surface area (Å²) in [6.07, 6.45) is 0. The summed E-state index contributed by atoms with van der Waals surface area (Å²) in [5, 5.41) is 13.8. The van der Waals surface area contributed by atoms with E-state index >= 15 is 0 Å². The number of hydrogen-bond donors (Lipinski definition) is 1. The number of aliphatic carboxylic acids is 1. The number of carboxylic acids is 1. The molecule has 19 heavy (non-hydrogen) atoms. The minimum absolute atomic E-state index is 0.0183. The predicted molar refractivity (Wildman–Crippen MR) is 75.2 cm³/mol. The molecule has 1 heterocycles. The highest BCUT2D eigenvalue weighted by Crippen LogP contribution is 2.31. The van der Waals surface area contributed by atoms with Crippen LogP contribution in [0.3, 0.4) is 0 Å². The number of nitrogens with zero attached hydrogens (tertiary/aromatic N) is 3. The lowest BCUT2D eigenvalue weighted by Crippen LogP contribution is -2.51. The van der Waals surface area contributed by atoms with Gasteiger partial charge in [0.25, 0.3) is 0 Å². The molecule has 1 N–H and O–H groups in total. The SMILES string of the molecule is CCN(C(C)c1c(C)nn(C)c1C)C(C)(C)C(=O)O. The summed E-state index contributed by atoms with van der Waals surface area (Å²) in [5.74, 6) is -0.805. The van der Waals surface area contributed by atoms with Crippen molar-refractivity contribution in [1.29, 1.82) is 0 Å². The van der Waals surface area contributed by atoms with Crippen LogP contribution in [-0.4, -0.2) is 37.8 Å². The zero-order valence-corrected chi connectivity index (χ0v) is 13.0. The van der Waals surface area contributed by atoms with E-state index in [4.69, 9.17) is 0 Å². The molecule has 5 heteroatoms. The lowest BCUT2D eigenvalue weighted by molar-refractivity contribution is -0.150. The second-order valence-electron chi connectivity index (χ2n) is 5.53. The van der Waals surface area contributed by atoms with Gasteiger partial charge < -0.3 is 5.11 Å². The average Bonchev–Trinajstić information content (AvgIpc) is 2.53. The van der Waals surface area contributed by atoms with E-state index in [1.165, 1.54) is 0 Å². The van der Waals surface area contributed by atoms with Crippen molar-refractivity contribution in [3.8, 4) is 0 Å². The van der Waals surface area contributed by atoms with E-state index in [0.29, 0.717) is 6.54 Å². The molecule has 0 saturated heterocycles. The third kappa shape index (κ3) is 2.66. The van der Waals surface area contributed by atoms with E-state index in [1.54, 1.807) is 13.8 Å². The number of aromatic nitrogens is 2. The first-order valence-electron chi connectivity index (χ1n) is 6.64. The van der Waals surface area contributed by atoms with Crippen LogP contribution in [0.5, 0.6) is 0 Å². The first kappa shape index (κ1) is 15.7. The van der Waals surface area contributed by atoms with Crippen LogP contribution in [0.25, 0.3) is 0 Å². The maximum atomic E-state index is 11.5. The van der Waals surface area contributed by atoms with Gasteiger partial charge in [0.15, 0.2) is 0 Å². The van der Waals surface area contributed by atoms with Gasteiger partial charge in [-0.2, -0.15) is 5.10 Å². The summed E-state index contributed by atoms with van der Waals surface area (Å²) in [6, 6.07) is 0.0183. The van der Waals surface area contributed by atoms with Crippen molar-refractivity contribution in [3.05, 3.63) is 17.0 Å². The van der Waals surface area contributed by atoms with Crippen LogP contribution >= 0.6 is 0 Å². The molecular formula is C14H25N3O2. The van der Waals surface area contributed by atoms with E-state index in [2.05, 4.69) is 5.10 Å². The Morgan fingerprint density at radius 3 is 2.32 bits per heavy atom. The molecule has 0 aliphatic rings. The van der Waals surface area contributed by atoms with Gasteiger partial charge in [0.2, 0.25) is 0 Å². The fourth-order valence-electron chi connectivity index (χ4n) is 2.83. The van der Waals surface area contributed by atoms with Crippen LogP contribution in [0, 0.1) is 13.8 Å². The molecule has 0 spiro atoms. The van der Waals surface area contributed by atoms with Crippen molar-refractivity contribution in [2.24, 2.45) is 7.05 Å². The fourth-order valence-corrected chi connectivity index (χ4v) is 2.83. The van der Waals surface area contributed by atoms with Gasteiger partial charge in [-0.3, -0.25) is 14.4 Å². The second kappa shape index (κ2) is 5.33. The largest absolute Gasteiger partial charge is 0.480 e. The summed E-state index contributed by atoms with van der Waals surface area (Å²) in [5.41, 5.74) is 2.28. The predicted octanol–water partition coefficient (Wildman–Crippen LogP) is 2.28. The normalized spacial score (nSPS) is 13.9. The van der Waals surface area contributed by atoms with Gasteiger partial charge >= 0.3 is 5.97 Å². The minimum atomic E-state index is -0.900. The van der Waals surface area contributed by atoms with Gasteiger partial charge in [-0.15, -0.1) is 0 Å². The van der Waals surface area contributed by atoms with Gasteiger partial charge in [-0.05, 0) is 41.2 Å². The Morgan fingerprint density at radius 1 is 1.47 bits per heavy atom. The lowest BCUT2D eigenvalue weighted by atomic mass is 9.96. The molecule has 0 saturated carbocycles. The van der Waals surface area contributed by atoms with E-state index in [9.17, 15) is 9.90 Å². The third-order valence-corrected chi connectivity index (χ3v) is 4.03. The number of rotatable bonds is 5. The molecule has 0 aliphatic carbocycles. The summed E-state index contributed by atoms with van der Waals surface area (Å²) in [6.45, 7) is 12.2. The first-order chi connectivity index (χ1) is 8.64. The Kier molecular flexibility index (Phi) is 4.40. The summed E-state index contributed by atoms with van der Waals surface area (Å²) in [4.78, 5) is 13.5. The molecule has 0 amide bonds. The molecule has 0 aromatic carbocycles. The summed E-state index contributed by atoms with van der Waals surface area (Å²) >= 11 is 0. The van der Waals surface area contributed by atoms with Crippen LogP contribution in [0.1, 0.15) is 50.7 Å². The van der Waals surface area contributed by atoms with Gasteiger partial charge in [0, 0.05) is 24.3 Å². The van der Waals surface area contributed by atoms with Crippen molar-refractivity contribution in [2.75, 3.05) is 6.54 Å².